The van der Waals surface area contributed by atoms with Crippen LogP contribution in [0.4, 0.5) is 5.69 Å². The van der Waals surface area contributed by atoms with Gasteiger partial charge in [0.1, 0.15) is 16.8 Å². The van der Waals surface area contributed by atoms with Gasteiger partial charge in [0.15, 0.2) is 5.78 Å². The van der Waals surface area contributed by atoms with Crippen molar-refractivity contribution in [1.82, 2.24) is 9.97 Å². The molecule has 5 nitrogen and oxygen atoms in total. The van der Waals surface area contributed by atoms with Crippen LogP contribution in [0.5, 0.6) is 11.6 Å². The fraction of sp³-hybridized carbons (Fsp3) is 0.0714. The summed E-state index contributed by atoms with van der Waals surface area (Å²) in [7, 11) is 0. The molecule has 0 radical (unpaired) electrons. The van der Waals surface area contributed by atoms with Crippen LogP contribution in [0.15, 0.2) is 36.0 Å². The van der Waals surface area contributed by atoms with Gasteiger partial charge in [0.05, 0.1) is 11.1 Å². The van der Waals surface area contributed by atoms with E-state index < -0.39 is 0 Å². The van der Waals surface area contributed by atoms with E-state index in [9.17, 15) is 4.79 Å². The van der Waals surface area contributed by atoms with Crippen LogP contribution in [0.2, 0.25) is 0 Å². The topological polar surface area (TPSA) is 78.1 Å². The number of carbonyl (C=O) groups is 1. The van der Waals surface area contributed by atoms with Crippen LogP contribution < -0.4 is 10.5 Å². The number of hydrogen-bond donors (Lipinski definition) is 1. The van der Waals surface area contributed by atoms with Gasteiger partial charge in [-0.1, -0.05) is 0 Å². The average molecular weight is 285 g/mol. The Morgan fingerprint density at radius 3 is 2.95 bits per heavy atom. The third-order valence-electron chi connectivity index (χ3n) is 2.80. The Morgan fingerprint density at radius 1 is 1.30 bits per heavy atom. The number of thiophene rings is 1. The highest BCUT2D eigenvalue weighted by molar-refractivity contribution is 7.17. The highest BCUT2D eigenvalue weighted by atomic mass is 32.1. The number of anilines is 1. The van der Waals surface area contributed by atoms with E-state index in [4.69, 9.17) is 10.5 Å². The van der Waals surface area contributed by atoms with E-state index in [1.165, 1.54) is 24.6 Å². The maximum absolute atomic E-state index is 11.7. The minimum absolute atomic E-state index is 0.108. The molecule has 0 spiro atoms. The number of ether oxygens (including phenoxy) is 1. The number of ketones is 1. The highest BCUT2D eigenvalue weighted by Gasteiger charge is 2.13. The summed E-state index contributed by atoms with van der Waals surface area (Å²) < 4.78 is 6.63. The van der Waals surface area contributed by atoms with Gasteiger partial charge in [0.25, 0.3) is 0 Å². The molecular formula is C14H11N3O2S. The second-order valence-corrected chi connectivity index (χ2v) is 5.14. The Labute approximate surface area is 119 Å². The van der Waals surface area contributed by atoms with Crippen LogP contribution in [0.25, 0.3) is 10.2 Å². The standard InChI is InChI=1S/C14H11N3O2S/c1-8(18)10-6-9(15)2-3-12(10)19-14-13-11(4-5-20-13)16-7-17-14/h2-7H,15H2,1H3. The van der Waals surface area contributed by atoms with Crippen molar-refractivity contribution in [1.29, 1.82) is 0 Å². The van der Waals surface area contributed by atoms with Crippen LogP contribution in [0, 0.1) is 0 Å². The van der Waals surface area contributed by atoms with Crippen molar-refractivity contribution in [2.75, 3.05) is 5.73 Å². The number of aromatic nitrogens is 2. The zero-order valence-corrected chi connectivity index (χ0v) is 11.5. The molecule has 1 aromatic carbocycles. The third-order valence-corrected chi connectivity index (χ3v) is 3.69. The summed E-state index contributed by atoms with van der Waals surface area (Å²) >= 11 is 1.49. The molecule has 6 heteroatoms. The van der Waals surface area contributed by atoms with E-state index in [1.54, 1.807) is 18.2 Å². The third kappa shape index (κ3) is 2.21. The van der Waals surface area contributed by atoms with Crippen LogP contribution in [-0.4, -0.2) is 15.8 Å². The van der Waals surface area contributed by atoms with Crippen molar-refractivity contribution in [3.8, 4) is 11.6 Å². The van der Waals surface area contributed by atoms with Gasteiger partial charge in [0, 0.05) is 5.69 Å². The molecule has 0 aliphatic rings. The summed E-state index contributed by atoms with van der Waals surface area (Å²) in [6, 6.07) is 6.86. The molecule has 3 aromatic rings. The van der Waals surface area contributed by atoms with E-state index >= 15 is 0 Å². The number of fused-ring (bicyclic) bond motifs is 1. The Balaban J connectivity index is 2.07. The Hall–Kier alpha value is -2.47. The highest BCUT2D eigenvalue weighted by Crippen LogP contribution is 2.32. The van der Waals surface area contributed by atoms with Crippen molar-refractivity contribution in [2.45, 2.75) is 6.92 Å². The van der Waals surface area contributed by atoms with E-state index in [2.05, 4.69) is 9.97 Å². The zero-order chi connectivity index (χ0) is 14.1. The summed E-state index contributed by atoms with van der Waals surface area (Å²) in [5, 5.41) is 1.92. The van der Waals surface area contributed by atoms with Gasteiger partial charge in [-0.05, 0) is 36.6 Å². The first-order chi connectivity index (χ1) is 9.65. The average Bonchev–Trinajstić information content (AvgIpc) is 2.90. The van der Waals surface area contributed by atoms with Gasteiger partial charge in [-0.2, -0.15) is 0 Å². The maximum atomic E-state index is 11.7. The summed E-state index contributed by atoms with van der Waals surface area (Å²) in [4.78, 5) is 19.9. The smallest absolute Gasteiger partial charge is 0.240 e. The molecule has 0 amide bonds. The lowest BCUT2D eigenvalue weighted by Crippen LogP contribution is -2.00. The lowest BCUT2D eigenvalue weighted by atomic mass is 10.1. The number of hydrogen-bond acceptors (Lipinski definition) is 6. The molecule has 2 N–H and O–H groups in total. The predicted molar refractivity (Wildman–Crippen MR) is 78.3 cm³/mol. The maximum Gasteiger partial charge on any atom is 0.240 e. The quantitative estimate of drug-likeness (QED) is 0.590. The molecule has 2 aromatic heterocycles. The molecule has 100 valence electrons. The van der Waals surface area contributed by atoms with Crippen molar-refractivity contribution >= 4 is 33.0 Å². The molecule has 2 heterocycles. The first-order valence-electron chi connectivity index (χ1n) is 5.91. The molecule has 3 rings (SSSR count). The van der Waals surface area contributed by atoms with E-state index in [0.717, 1.165) is 10.2 Å². The Kier molecular flexibility index (Phi) is 3.08. The molecular weight excluding hydrogens is 274 g/mol. The fourth-order valence-corrected chi connectivity index (χ4v) is 2.62. The number of nitrogens with zero attached hydrogens (tertiary/aromatic N) is 2. The van der Waals surface area contributed by atoms with Gasteiger partial charge < -0.3 is 10.5 Å². The van der Waals surface area contributed by atoms with Gasteiger partial charge >= 0.3 is 0 Å². The molecule has 20 heavy (non-hydrogen) atoms. The van der Waals surface area contributed by atoms with E-state index in [-0.39, 0.29) is 5.78 Å². The summed E-state index contributed by atoms with van der Waals surface area (Å²) in [5.74, 6) is 0.779. The molecule has 0 bridgehead atoms. The van der Waals surface area contributed by atoms with Gasteiger partial charge in [-0.25, -0.2) is 9.97 Å². The lowest BCUT2D eigenvalue weighted by Gasteiger charge is -2.09. The number of benzene rings is 1. The fourth-order valence-electron chi connectivity index (χ4n) is 1.85. The molecule has 0 fully saturated rings. The molecule has 0 saturated heterocycles. The monoisotopic (exact) mass is 285 g/mol. The van der Waals surface area contributed by atoms with E-state index in [0.29, 0.717) is 22.9 Å². The van der Waals surface area contributed by atoms with Gasteiger partial charge in [-0.15, -0.1) is 11.3 Å². The normalized spacial score (nSPS) is 10.7. The SMILES string of the molecule is CC(=O)c1cc(N)ccc1Oc1ncnc2ccsc12. The largest absolute Gasteiger partial charge is 0.437 e. The van der Waals surface area contributed by atoms with Crippen LogP contribution in [0.3, 0.4) is 0 Å². The minimum Gasteiger partial charge on any atom is -0.437 e. The number of nitrogens with two attached hydrogens (primary N) is 1. The van der Waals surface area contributed by atoms with Crippen molar-refractivity contribution in [3.63, 3.8) is 0 Å². The predicted octanol–water partition coefficient (Wildman–Crippen LogP) is 3.27. The number of rotatable bonds is 3. The van der Waals surface area contributed by atoms with Crippen LogP contribution in [-0.2, 0) is 0 Å². The summed E-state index contributed by atoms with van der Waals surface area (Å²) in [6.45, 7) is 1.47. The molecule has 0 aliphatic heterocycles. The second kappa shape index (κ2) is 4.90. The lowest BCUT2D eigenvalue weighted by molar-refractivity contribution is 0.101. The molecule has 0 saturated carbocycles. The molecule has 0 atom stereocenters. The molecule has 0 unspecified atom stereocenters. The van der Waals surface area contributed by atoms with Crippen molar-refractivity contribution < 1.29 is 9.53 Å². The second-order valence-electron chi connectivity index (χ2n) is 4.23. The van der Waals surface area contributed by atoms with Gasteiger partial charge in [-0.3, -0.25) is 4.79 Å². The zero-order valence-electron chi connectivity index (χ0n) is 10.7. The van der Waals surface area contributed by atoms with Crippen molar-refractivity contribution in [2.24, 2.45) is 0 Å². The summed E-state index contributed by atoms with van der Waals surface area (Å²) in [5.41, 5.74) is 7.48. The minimum atomic E-state index is -0.108. The van der Waals surface area contributed by atoms with E-state index in [1.807, 2.05) is 11.4 Å². The summed E-state index contributed by atoms with van der Waals surface area (Å²) in [6.07, 6.45) is 1.44. The Bertz CT molecular complexity index is 798. The van der Waals surface area contributed by atoms with Crippen molar-refractivity contribution in [3.05, 3.63) is 41.5 Å². The number of carbonyl (C=O) groups excluding carboxylic acids is 1. The molecule has 0 aliphatic carbocycles. The Morgan fingerprint density at radius 2 is 2.15 bits per heavy atom. The first-order valence-corrected chi connectivity index (χ1v) is 6.79. The first kappa shape index (κ1) is 12.6. The number of nitrogen functional groups attached to an aromatic ring is 1. The van der Waals surface area contributed by atoms with Crippen LogP contribution >= 0.6 is 11.3 Å². The number of Topliss-reactive ketones (excluding diaryl/α,β-unsaturated/α-hetero) is 1. The van der Waals surface area contributed by atoms with Crippen LogP contribution in [0.1, 0.15) is 17.3 Å². The van der Waals surface area contributed by atoms with Gasteiger partial charge in [0.2, 0.25) is 5.88 Å².